The Morgan fingerprint density at radius 2 is 1.62 bits per heavy atom. The molecule has 4 rings (SSSR count). The number of nitrogens with one attached hydrogen (secondary N) is 4. The normalized spacial score (nSPS) is 21.8. The number of amides is 5. The molecular formula is C33H42N6O7S. The Morgan fingerprint density at radius 3 is 2.32 bits per heavy atom. The van der Waals surface area contributed by atoms with Crippen LogP contribution >= 0.6 is 11.8 Å². The van der Waals surface area contributed by atoms with E-state index in [0.29, 0.717) is 29.7 Å². The summed E-state index contributed by atoms with van der Waals surface area (Å²) in [6.45, 7) is 4.08. The topological polar surface area (TPSA) is 172 Å². The fourth-order valence-corrected chi connectivity index (χ4v) is 5.85. The van der Waals surface area contributed by atoms with Gasteiger partial charge in [-0.25, -0.2) is 4.79 Å². The number of nitrogens with zero attached hydrogens (tertiary/aromatic N) is 2. The number of aromatic nitrogens is 1. The van der Waals surface area contributed by atoms with Gasteiger partial charge in [-0.3, -0.25) is 28.5 Å². The molecular weight excluding hydrogens is 624 g/mol. The molecule has 1 aliphatic heterocycles. The first-order valence-corrected chi connectivity index (χ1v) is 17.0. The maximum atomic E-state index is 13.9. The largest absolute Gasteiger partial charge is 0.420 e. The van der Waals surface area contributed by atoms with Gasteiger partial charge in [-0.05, 0) is 55.4 Å². The van der Waals surface area contributed by atoms with Crippen LogP contribution in [0.4, 0.5) is 0 Å². The Balaban J connectivity index is 1.70. The number of oxazole rings is 1. The summed E-state index contributed by atoms with van der Waals surface area (Å²) in [5.41, 5.74) is 1.60. The minimum absolute atomic E-state index is 0.104. The summed E-state index contributed by atoms with van der Waals surface area (Å²) >= 11 is 1.51. The van der Waals surface area contributed by atoms with Crippen molar-refractivity contribution in [2.75, 3.05) is 25.1 Å². The summed E-state index contributed by atoms with van der Waals surface area (Å²) in [5.74, 6) is -3.28. The molecule has 0 bridgehead atoms. The van der Waals surface area contributed by atoms with E-state index in [2.05, 4.69) is 21.3 Å². The first-order chi connectivity index (χ1) is 22.5. The Labute approximate surface area is 277 Å². The molecule has 252 valence electrons. The van der Waals surface area contributed by atoms with Crippen LogP contribution in [0.5, 0.6) is 0 Å². The van der Waals surface area contributed by atoms with Crippen LogP contribution < -0.4 is 27.0 Å². The van der Waals surface area contributed by atoms with E-state index in [-0.39, 0.29) is 12.5 Å². The second-order valence-corrected chi connectivity index (χ2v) is 12.9. The number of rotatable bonds is 8. The van der Waals surface area contributed by atoms with Crippen molar-refractivity contribution in [2.45, 2.75) is 64.3 Å². The molecule has 0 radical (unpaired) electrons. The van der Waals surface area contributed by atoms with Crippen LogP contribution in [0.15, 0.2) is 63.8 Å². The van der Waals surface area contributed by atoms with E-state index in [9.17, 15) is 28.8 Å². The van der Waals surface area contributed by atoms with Crippen molar-refractivity contribution in [1.82, 2.24) is 30.7 Å². The molecule has 13 nitrogen and oxygen atoms in total. The Hall–Kier alpha value is -4.59. The second-order valence-electron chi connectivity index (χ2n) is 12.0. The minimum atomic E-state index is -1.01. The monoisotopic (exact) mass is 666 g/mol. The second kappa shape index (κ2) is 16.3. The van der Waals surface area contributed by atoms with E-state index in [0.717, 1.165) is 5.56 Å². The summed E-state index contributed by atoms with van der Waals surface area (Å²) in [5, 5.41) is 11.1. The highest BCUT2D eigenvalue weighted by Gasteiger charge is 2.32. The van der Waals surface area contributed by atoms with Crippen LogP contribution in [0.3, 0.4) is 0 Å². The van der Waals surface area contributed by atoms with Crippen LogP contribution in [0, 0.1) is 5.92 Å². The highest BCUT2D eigenvalue weighted by molar-refractivity contribution is 7.98. The number of fused-ring (bicyclic) bond motifs is 1. The number of carbonyl (C=O) groups excluding carboxylic acids is 5. The van der Waals surface area contributed by atoms with Gasteiger partial charge < -0.3 is 30.6 Å². The molecule has 0 saturated carbocycles. The molecule has 4 atom stereocenters. The van der Waals surface area contributed by atoms with E-state index in [1.54, 1.807) is 45.0 Å². The van der Waals surface area contributed by atoms with E-state index >= 15 is 0 Å². The molecule has 3 aromatic rings. The number of hydrogen-bond donors (Lipinski definition) is 4. The zero-order valence-electron chi connectivity index (χ0n) is 27.0. The third-order valence-corrected chi connectivity index (χ3v) is 8.57. The summed E-state index contributed by atoms with van der Waals surface area (Å²) in [6, 6.07) is 12.4. The Kier molecular flexibility index (Phi) is 12.2. The van der Waals surface area contributed by atoms with Crippen molar-refractivity contribution in [3.63, 3.8) is 0 Å². The standard InChI is InChI=1S/C33H42N6O7S/c1-20(2)29-32(44)36-24(14-15-47-4)31(43)34-21(3)30(42)35-23(16-22-10-6-5-7-11-22)17-38(18-27(40)37-29)28(41)19-39-25-12-8-9-13-26(25)46-33(39)45/h5-13,20-21,23-24,29H,14-19H2,1-4H3,(H,34,43)(H,35,42)(H,36,44)(H,37,40)/t21-,23+,24-,29-/m0/s1. The lowest BCUT2D eigenvalue weighted by Gasteiger charge is -2.30. The molecule has 1 fully saturated rings. The highest BCUT2D eigenvalue weighted by Crippen LogP contribution is 2.14. The zero-order valence-corrected chi connectivity index (χ0v) is 27.8. The van der Waals surface area contributed by atoms with Crippen molar-refractivity contribution in [3.05, 3.63) is 70.7 Å². The predicted octanol–water partition coefficient (Wildman–Crippen LogP) is 1.05. The maximum Gasteiger partial charge on any atom is 0.420 e. The molecule has 14 heteroatoms. The van der Waals surface area contributed by atoms with Gasteiger partial charge in [0.15, 0.2) is 5.58 Å². The first-order valence-electron chi connectivity index (χ1n) is 15.6. The average Bonchev–Trinajstić information content (AvgIpc) is 3.35. The van der Waals surface area contributed by atoms with Crippen molar-refractivity contribution in [3.8, 4) is 0 Å². The Bertz CT molecular complexity index is 1640. The third kappa shape index (κ3) is 9.47. The van der Waals surface area contributed by atoms with E-state index in [4.69, 9.17) is 4.42 Å². The summed E-state index contributed by atoms with van der Waals surface area (Å²) in [6.07, 6.45) is 2.50. The molecule has 4 N–H and O–H groups in total. The van der Waals surface area contributed by atoms with E-state index < -0.39 is 72.5 Å². The van der Waals surface area contributed by atoms with Gasteiger partial charge in [0.05, 0.1) is 18.1 Å². The van der Waals surface area contributed by atoms with Crippen LogP contribution in [0.2, 0.25) is 0 Å². The van der Waals surface area contributed by atoms with Crippen molar-refractivity contribution in [2.24, 2.45) is 5.92 Å². The number of thioether (sulfide) groups is 1. The number of para-hydroxylation sites is 2. The van der Waals surface area contributed by atoms with E-state index in [1.807, 2.05) is 36.6 Å². The third-order valence-electron chi connectivity index (χ3n) is 7.93. The summed E-state index contributed by atoms with van der Waals surface area (Å²) in [4.78, 5) is 81.6. The molecule has 0 spiro atoms. The summed E-state index contributed by atoms with van der Waals surface area (Å²) < 4.78 is 6.48. The lowest BCUT2D eigenvalue weighted by Crippen LogP contribution is -2.57. The van der Waals surface area contributed by atoms with Gasteiger partial charge >= 0.3 is 5.76 Å². The molecule has 2 aromatic carbocycles. The zero-order chi connectivity index (χ0) is 34.1. The minimum Gasteiger partial charge on any atom is -0.408 e. The smallest absolute Gasteiger partial charge is 0.408 e. The quantitative estimate of drug-likeness (QED) is 0.276. The van der Waals surface area contributed by atoms with Crippen LogP contribution in [-0.4, -0.2) is 88.3 Å². The number of benzene rings is 2. The van der Waals surface area contributed by atoms with Gasteiger partial charge in [0.2, 0.25) is 29.5 Å². The average molecular weight is 667 g/mol. The molecule has 5 amide bonds. The maximum absolute atomic E-state index is 13.9. The first kappa shape index (κ1) is 35.3. The highest BCUT2D eigenvalue weighted by atomic mass is 32.2. The van der Waals surface area contributed by atoms with Gasteiger partial charge in [-0.15, -0.1) is 0 Å². The predicted molar refractivity (Wildman–Crippen MR) is 178 cm³/mol. The lowest BCUT2D eigenvalue weighted by atomic mass is 10.0. The molecule has 2 heterocycles. The molecule has 0 aliphatic carbocycles. The number of carbonyl (C=O) groups is 5. The fourth-order valence-electron chi connectivity index (χ4n) is 5.38. The van der Waals surface area contributed by atoms with Gasteiger partial charge in [0.25, 0.3) is 0 Å². The summed E-state index contributed by atoms with van der Waals surface area (Å²) in [7, 11) is 0. The van der Waals surface area contributed by atoms with Gasteiger partial charge in [0.1, 0.15) is 24.7 Å². The van der Waals surface area contributed by atoms with Crippen LogP contribution in [-0.2, 0) is 36.9 Å². The van der Waals surface area contributed by atoms with E-state index in [1.165, 1.54) is 21.2 Å². The van der Waals surface area contributed by atoms with Crippen molar-refractivity contribution < 1.29 is 28.4 Å². The van der Waals surface area contributed by atoms with Crippen molar-refractivity contribution in [1.29, 1.82) is 0 Å². The fraction of sp³-hybridized carbons (Fsp3) is 0.455. The van der Waals surface area contributed by atoms with Crippen LogP contribution in [0.25, 0.3) is 11.1 Å². The van der Waals surface area contributed by atoms with Gasteiger partial charge in [-0.2, -0.15) is 11.8 Å². The molecule has 0 unspecified atom stereocenters. The van der Waals surface area contributed by atoms with Crippen LogP contribution in [0.1, 0.15) is 32.8 Å². The molecule has 1 saturated heterocycles. The van der Waals surface area contributed by atoms with Gasteiger partial charge in [0, 0.05) is 6.54 Å². The lowest BCUT2D eigenvalue weighted by molar-refractivity contribution is -0.138. The molecule has 1 aliphatic rings. The number of hydrogen-bond acceptors (Lipinski definition) is 8. The molecule has 47 heavy (non-hydrogen) atoms. The molecule has 1 aromatic heterocycles. The Morgan fingerprint density at radius 1 is 0.915 bits per heavy atom. The van der Waals surface area contributed by atoms with Gasteiger partial charge in [-0.1, -0.05) is 56.3 Å². The van der Waals surface area contributed by atoms with Crippen molar-refractivity contribution >= 4 is 52.4 Å². The SMILES string of the molecule is CSCC[C@@H]1NC(=O)[C@H](C(C)C)NC(=O)CN(C(=O)Cn2c(=O)oc3ccccc32)C[C@@H](Cc2ccccc2)NC(=O)[C@H](C)NC1=O.